The monoisotopic (exact) mass is 633 g/mol. The zero-order valence-corrected chi connectivity index (χ0v) is 29.1. The summed E-state index contributed by atoms with van der Waals surface area (Å²) in [5, 5.41) is 22.0. The number of aliphatic hydroxyl groups is 1. The van der Waals surface area contributed by atoms with Crippen LogP contribution in [0.5, 0.6) is 5.75 Å². The van der Waals surface area contributed by atoms with Crippen LogP contribution in [0.4, 0.5) is 5.69 Å². The number of nitrogens with two attached hydrogens (primary N) is 1. The van der Waals surface area contributed by atoms with Crippen LogP contribution in [0.1, 0.15) is 101 Å². The van der Waals surface area contributed by atoms with Crippen LogP contribution in [-0.2, 0) is 33.3 Å². The summed E-state index contributed by atoms with van der Waals surface area (Å²) in [6.07, 6.45) is 15.4. The maximum Gasteiger partial charge on any atom is 0.238 e. The first kappa shape index (κ1) is 37.3. The van der Waals surface area contributed by atoms with Crippen LogP contribution in [0.25, 0.3) is 0 Å². The highest BCUT2D eigenvalue weighted by atomic mass is 16.3. The summed E-state index contributed by atoms with van der Waals surface area (Å²) >= 11 is 0. The van der Waals surface area contributed by atoms with Crippen LogP contribution in [0.2, 0.25) is 0 Å². The number of fused-ring (bicyclic) bond motifs is 6. The van der Waals surface area contributed by atoms with Crippen LogP contribution in [-0.4, -0.2) is 43.2 Å². The van der Waals surface area contributed by atoms with E-state index in [1.165, 1.54) is 80.0 Å². The lowest BCUT2D eigenvalue weighted by molar-refractivity contribution is -0.115. The van der Waals surface area contributed by atoms with Crippen molar-refractivity contribution in [1.29, 1.82) is 0 Å². The fraction of sp³-hybridized carbons (Fsp3) is 0.590. The SMILES string of the molecule is C=C[C@@]1(C)CCCC2(C)c3cc(O)ccc3CCC21.CC1CCCC2(C)c3cc(NC(=O)CN)ccc3CCC12.CNC=O.CO. The number of hydrogen-bond acceptors (Lipinski definition) is 5. The van der Waals surface area contributed by atoms with Gasteiger partial charge in [0.15, 0.2) is 0 Å². The number of aromatic hydroxyl groups is 1. The summed E-state index contributed by atoms with van der Waals surface area (Å²) in [6, 6.07) is 12.4. The summed E-state index contributed by atoms with van der Waals surface area (Å²) in [5.74, 6) is 2.52. The lowest BCUT2D eigenvalue weighted by Crippen LogP contribution is -2.48. The summed E-state index contributed by atoms with van der Waals surface area (Å²) in [4.78, 5) is 20.6. The van der Waals surface area contributed by atoms with Gasteiger partial charge in [-0.25, -0.2) is 0 Å². The molecule has 7 heteroatoms. The van der Waals surface area contributed by atoms with Gasteiger partial charge in [0.25, 0.3) is 0 Å². The van der Waals surface area contributed by atoms with E-state index in [9.17, 15) is 9.90 Å². The predicted octanol–water partition coefficient (Wildman–Crippen LogP) is 6.78. The first-order valence-electron chi connectivity index (χ1n) is 17.1. The molecule has 46 heavy (non-hydrogen) atoms. The number of carbonyl (C=O) groups excluding carboxylic acids is 2. The van der Waals surface area contributed by atoms with E-state index in [1.54, 1.807) is 7.05 Å². The molecule has 0 aromatic heterocycles. The lowest BCUT2D eigenvalue weighted by atomic mass is 9.50. The first-order chi connectivity index (χ1) is 22.0. The highest BCUT2D eigenvalue weighted by Crippen LogP contribution is 2.58. The van der Waals surface area contributed by atoms with Crippen molar-refractivity contribution in [3.63, 3.8) is 0 Å². The lowest BCUT2D eigenvalue weighted by Gasteiger charge is -2.54. The number of anilines is 1. The molecule has 0 bridgehead atoms. The Morgan fingerprint density at radius 1 is 0.957 bits per heavy atom. The molecule has 2 fully saturated rings. The minimum absolute atomic E-state index is 0.0357. The number of aliphatic hydroxyl groups excluding tert-OH is 1. The second-order valence-electron chi connectivity index (χ2n) is 14.4. The van der Waals surface area contributed by atoms with E-state index in [4.69, 9.17) is 15.6 Å². The van der Waals surface area contributed by atoms with Crippen molar-refractivity contribution in [3.8, 4) is 5.75 Å². The van der Waals surface area contributed by atoms with Crippen molar-refractivity contribution >= 4 is 18.0 Å². The van der Waals surface area contributed by atoms with E-state index in [0.29, 0.717) is 18.1 Å². The molecule has 0 radical (unpaired) electrons. The molecule has 4 aliphatic carbocycles. The normalized spacial score (nSPS) is 30.2. The molecule has 6 rings (SSSR count). The van der Waals surface area contributed by atoms with Gasteiger partial charge < -0.3 is 26.6 Å². The Balaban J connectivity index is 0.000000215. The van der Waals surface area contributed by atoms with Gasteiger partial charge in [-0.15, -0.1) is 6.58 Å². The zero-order valence-electron chi connectivity index (χ0n) is 29.1. The highest BCUT2D eigenvalue weighted by Gasteiger charge is 2.50. The Morgan fingerprint density at radius 2 is 1.57 bits per heavy atom. The standard InChI is InChI=1S/C18H26N2O.C18H24O.C2H5NO.CH4O/c1-12-4-3-9-18(2)15(12)8-6-13-5-7-14(10-16(13)18)20-17(21)11-19;1-4-17(2)10-5-11-18(3)15-12-14(19)8-6-13(15)7-9-16(17)18;1-3-2-4;1-2/h5,7,10,12,15H,3-4,6,8-9,11,19H2,1-2H3,(H,20,21);4,6,8,12,16,19H,1,5,7,9-11H2,2-3H3;2H,1H3,(H,3,4);2H,1H3/t;16?,17-,18?;;/m.0../s1. The minimum atomic E-state index is -0.121. The molecule has 0 saturated heterocycles. The first-order valence-corrected chi connectivity index (χ1v) is 17.1. The van der Waals surface area contributed by atoms with Crippen molar-refractivity contribution in [2.75, 3.05) is 26.0 Å². The Hall–Kier alpha value is -3.16. The van der Waals surface area contributed by atoms with Crippen LogP contribution in [0.3, 0.4) is 0 Å². The second kappa shape index (κ2) is 16.1. The van der Waals surface area contributed by atoms with Gasteiger partial charge in [-0.2, -0.15) is 0 Å². The maximum absolute atomic E-state index is 11.5. The Morgan fingerprint density at radius 3 is 2.20 bits per heavy atom. The molecule has 254 valence electrons. The third-order valence-corrected chi connectivity index (χ3v) is 11.8. The average Bonchev–Trinajstić information content (AvgIpc) is 3.06. The Labute approximate surface area is 277 Å². The van der Waals surface area contributed by atoms with E-state index in [1.807, 2.05) is 18.2 Å². The molecule has 5 unspecified atom stereocenters. The summed E-state index contributed by atoms with van der Waals surface area (Å²) < 4.78 is 0. The quantitative estimate of drug-likeness (QED) is 0.188. The van der Waals surface area contributed by atoms with Crippen LogP contribution in [0, 0.1) is 23.2 Å². The number of benzene rings is 2. The van der Waals surface area contributed by atoms with Gasteiger partial charge in [-0.05, 0) is 125 Å². The third kappa shape index (κ3) is 7.69. The number of phenolic OH excluding ortho intramolecular Hbond substituents is 1. The predicted molar refractivity (Wildman–Crippen MR) is 189 cm³/mol. The molecule has 2 amide bonds. The second-order valence-corrected chi connectivity index (χ2v) is 14.4. The molecule has 6 atom stereocenters. The minimum Gasteiger partial charge on any atom is -0.508 e. The molecule has 2 aromatic rings. The topological polar surface area (TPSA) is 125 Å². The molecule has 0 spiro atoms. The molecule has 0 heterocycles. The summed E-state index contributed by atoms with van der Waals surface area (Å²) in [7, 11) is 2.56. The molecule has 2 aromatic carbocycles. The van der Waals surface area contributed by atoms with E-state index in [-0.39, 0.29) is 28.7 Å². The van der Waals surface area contributed by atoms with Crippen LogP contribution >= 0.6 is 0 Å². The van der Waals surface area contributed by atoms with Gasteiger partial charge in [-0.3, -0.25) is 9.59 Å². The zero-order chi connectivity index (χ0) is 34.1. The summed E-state index contributed by atoms with van der Waals surface area (Å²) in [6.45, 7) is 13.7. The number of amides is 2. The molecular formula is C39H59N3O4. The third-order valence-electron chi connectivity index (χ3n) is 11.8. The number of rotatable bonds is 4. The van der Waals surface area contributed by atoms with E-state index < -0.39 is 0 Å². The molecule has 7 nitrogen and oxygen atoms in total. The highest BCUT2D eigenvalue weighted by molar-refractivity contribution is 5.92. The summed E-state index contributed by atoms with van der Waals surface area (Å²) in [5.41, 5.74) is 12.8. The molecular weight excluding hydrogens is 574 g/mol. The van der Waals surface area contributed by atoms with Gasteiger partial charge in [-0.1, -0.05) is 65.2 Å². The number of nitrogens with one attached hydrogen (secondary N) is 2. The fourth-order valence-corrected chi connectivity index (χ4v) is 9.41. The maximum atomic E-state index is 11.5. The van der Waals surface area contributed by atoms with Gasteiger partial charge in [0.05, 0.1) is 6.54 Å². The number of hydrogen-bond donors (Lipinski definition) is 5. The largest absolute Gasteiger partial charge is 0.508 e. The van der Waals surface area contributed by atoms with Crippen molar-refractivity contribution in [2.45, 2.75) is 103 Å². The van der Waals surface area contributed by atoms with Gasteiger partial charge >= 0.3 is 0 Å². The number of aryl methyl sites for hydroxylation is 2. The van der Waals surface area contributed by atoms with Crippen LogP contribution in [0.15, 0.2) is 49.1 Å². The van der Waals surface area contributed by atoms with Gasteiger partial charge in [0.1, 0.15) is 5.75 Å². The smallest absolute Gasteiger partial charge is 0.238 e. The van der Waals surface area contributed by atoms with Gasteiger partial charge in [0, 0.05) is 19.8 Å². The average molecular weight is 634 g/mol. The van der Waals surface area contributed by atoms with Crippen molar-refractivity contribution in [1.82, 2.24) is 5.32 Å². The van der Waals surface area contributed by atoms with E-state index in [2.05, 4.69) is 69.2 Å². The number of phenols is 1. The number of allylic oxidation sites excluding steroid dienone is 1. The van der Waals surface area contributed by atoms with Gasteiger partial charge in [0.2, 0.25) is 12.3 Å². The Bertz CT molecular complexity index is 1340. The molecule has 6 N–H and O–H groups in total. The molecule has 2 saturated carbocycles. The van der Waals surface area contributed by atoms with E-state index >= 15 is 0 Å². The Kier molecular flexibility index (Phi) is 13.1. The van der Waals surface area contributed by atoms with Crippen LogP contribution < -0.4 is 16.4 Å². The van der Waals surface area contributed by atoms with Crippen molar-refractivity contribution in [3.05, 3.63) is 71.3 Å². The molecule has 4 aliphatic rings. The fourth-order valence-electron chi connectivity index (χ4n) is 9.41. The molecule has 0 aliphatic heterocycles. The van der Waals surface area contributed by atoms with Crippen molar-refractivity contribution in [2.24, 2.45) is 28.9 Å². The van der Waals surface area contributed by atoms with E-state index in [0.717, 1.165) is 31.1 Å². The number of carbonyl (C=O) groups is 2. The van der Waals surface area contributed by atoms with Crippen molar-refractivity contribution < 1.29 is 19.8 Å².